The maximum absolute atomic E-state index is 10.6. The highest BCUT2D eigenvalue weighted by Gasteiger charge is 2.08. The maximum Gasteiger partial charge on any atom is 0.172 e. The molecule has 1 rings (SSSR count). The average Bonchev–Trinajstić information content (AvgIpc) is 1.77. The van der Waals surface area contributed by atoms with Crippen molar-refractivity contribution in [2.24, 2.45) is 0 Å². The number of hydrogen-bond donors (Lipinski definition) is 0. The van der Waals surface area contributed by atoms with E-state index in [0.717, 1.165) is 0 Å². The van der Waals surface area contributed by atoms with Gasteiger partial charge in [0.15, 0.2) is 5.78 Å². The van der Waals surface area contributed by atoms with Gasteiger partial charge < -0.3 is 0 Å². The number of allylic oxidation sites excluding steroid dienone is 4. The first-order chi connectivity index (χ1) is 3.80. The molecule has 0 bridgehead atoms. The van der Waals surface area contributed by atoms with E-state index in [1.807, 2.05) is 12.2 Å². The Kier molecular flexibility index (Phi) is 3.68. The minimum Gasteiger partial charge on any atom is -0.293 e. The number of rotatable bonds is 0. The Morgan fingerprint density at radius 1 is 1.44 bits per heavy atom. The number of carbonyl (C=O) groups excluding carboxylic acids is 1. The molecule has 0 saturated carbocycles. The average molecular weight is 240 g/mol. The molecule has 0 aromatic carbocycles. The van der Waals surface area contributed by atoms with Crippen molar-refractivity contribution in [2.75, 3.05) is 0 Å². The summed E-state index contributed by atoms with van der Waals surface area (Å²) in [5.41, 5.74) is 0. The lowest BCUT2D eigenvalue weighted by molar-refractivity contribution is -0.113. The van der Waals surface area contributed by atoms with Gasteiger partial charge >= 0.3 is 0 Å². The van der Waals surface area contributed by atoms with Gasteiger partial charge in [-0.2, -0.15) is 0 Å². The van der Waals surface area contributed by atoms with Crippen LogP contribution < -0.4 is 0 Å². The van der Waals surface area contributed by atoms with Gasteiger partial charge in [0.2, 0.25) is 0 Å². The predicted molar refractivity (Wildman–Crippen MR) is 43.6 cm³/mol. The zero-order valence-electron chi connectivity index (χ0n) is 4.58. The third kappa shape index (κ3) is 2.26. The summed E-state index contributed by atoms with van der Waals surface area (Å²) in [5, 5.41) is 0. The van der Waals surface area contributed by atoms with E-state index in [4.69, 9.17) is 0 Å². The zero-order chi connectivity index (χ0) is 5.98. The van der Waals surface area contributed by atoms with Crippen LogP contribution in [0.2, 0.25) is 0 Å². The predicted octanol–water partition coefficient (Wildman–Crippen LogP) is 1.64. The first kappa shape index (κ1) is 8.81. The molecule has 0 heterocycles. The summed E-state index contributed by atoms with van der Waals surface area (Å²) in [5.74, 6) is 0.188. The second-order valence-corrected chi connectivity index (χ2v) is 2.89. The minimum absolute atomic E-state index is 0. The van der Waals surface area contributed by atoms with Crippen LogP contribution in [0.25, 0.3) is 0 Å². The summed E-state index contributed by atoms with van der Waals surface area (Å²) in [6, 6.07) is 0. The number of hydrogen-bond acceptors (Lipinski definition) is 1. The Hall–Kier alpha value is -0.190. The van der Waals surface area contributed by atoms with Crippen molar-refractivity contribution in [3.8, 4) is 0 Å². The monoisotopic (exact) mass is 240 g/mol. The van der Waals surface area contributed by atoms with Crippen LogP contribution in [-0.2, 0) is 4.79 Å². The molecular formula is C6H6FIO. The molecule has 50 valence electrons. The van der Waals surface area contributed by atoms with E-state index in [9.17, 15) is 4.79 Å². The quantitative estimate of drug-likeness (QED) is 0.464. The minimum atomic E-state index is 0. The largest absolute Gasteiger partial charge is 0.293 e. The normalized spacial score (nSPS) is 23.7. The molecule has 1 aliphatic rings. The molecule has 0 fully saturated rings. The Morgan fingerprint density at radius 3 is 2.44 bits per heavy atom. The van der Waals surface area contributed by atoms with Gasteiger partial charge in [-0.05, 0) is 6.08 Å². The Labute approximate surface area is 66.3 Å². The first-order valence-corrected chi connectivity index (χ1v) is 3.58. The molecule has 0 saturated heterocycles. The smallest absolute Gasteiger partial charge is 0.172 e. The standard InChI is InChI=1S/C6H5IO.FH/c7-5-3-1-2-4-6(5)8;/h1-5H;1H. The Morgan fingerprint density at radius 2 is 2.11 bits per heavy atom. The van der Waals surface area contributed by atoms with Crippen LogP contribution in [0.15, 0.2) is 24.3 Å². The van der Waals surface area contributed by atoms with Crippen molar-refractivity contribution >= 4 is 28.4 Å². The number of carbonyl (C=O) groups is 1. The summed E-state index contributed by atoms with van der Waals surface area (Å²) in [7, 11) is 0. The topological polar surface area (TPSA) is 17.1 Å². The van der Waals surface area contributed by atoms with Gasteiger partial charge in [-0.3, -0.25) is 9.50 Å². The zero-order valence-corrected chi connectivity index (χ0v) is 6.74. The lowest BCUT2D eigenvalue weighted by atomic mass is 10.2. The van der Waals surface area contributed by atoms with Gasteiger partial charge in [-0.25, -0.2) is 0 Å². The molecule has 1 nitrogen and oxygen atoms in total. The Balaban J connectivity index is 0.000000640. The third-order valence-electron chi connectivity index (χ3n) is 0.923. The van der Waals surface area contributed by atoms with Crippen molar-refractivity contribution in [2.45, 2.75) is 3.92 Å². The van der Waals surface area contributed by atoms with Gasteiger partial charge in [0.05, 0.1) is 3.92 Å². The number of halogens is 2. The van der Waals surface area contributed by atoms with E-state index >= 15 is 0 Å². The molecule has 0 spiro atoms. The fourth-order valence-electron chi connectivity index (χ4n) is 0.499. The highest BCUT2D eigenvalue weighted by Crippen LogP contribution is 2.08. The lowest BCUT2D eigenvalue weighted by Gasteiger charge is -1.99. The van der Waals surface area contributed by atoms with Crippen LogP contribution in [0, 0.1) is 0 Å². The maximum atomic E-state index is 10.6. The summed E-state index contributed by atoms with van der Waals surface area (Å²) in [4.78, 5) is 10.6. The van der Waals surface area contributed by atoms with Crippen molar-refractivity contribution < 1.29 is 9.50 Å². The van der Waals surface area contributed by atoms with Crippen molar-refractivity contribution in [1.82, 2.24) is 0 Å². The molecule has 9 heavy (non-hydrogen) atoms. The SMILES string of the molecule is F.O=C1C=CC=CC1I. The van der Waals surface area contributed by atoms with Crippen LogP contribution >= 0.6 is 22.6 Å². The van der Waals surface area contributed by atoms with Crippen LogP contribution in [-0.4, -0.2) is 9.71 Å². The van der Waals surface area contributed by atoms with Crippen molar-refractivity contribution in [1.29, 1.82) is 0 Å². The molecule has 1 aliphatic carbocycles. The van der Waals surface area contributed by atoms with E-state index in [2.05, 4.69) is 22.6 Å². The number of alkyl halides is 1. The van der Waals surface area contributed by atoms with Crippen LogP contribution in [0.5, 0.6) is 0 Å². The van der Waals surface area contributed by atoms with Crippen molar-refractivity contribution in [3.63, 3.8) is 0 Å². The van der Waals surface area contributed by atoms with Crippen LogP contribution in [0.4, 0.5) is 4.70 Å². The molecular weight excluding hydrogens is 234 g/mol. The lowest BCUT2D eigenvalue weighted by Crippen LogP contribution is -2.08. The van der Waals surface area contributed by atoms with Crippen molar-refractivity contribution in [3.05, 3.63) is 24.3 Å². The number of ketones is 1. The fraction of sp³-hybridized carbons (Fsp3) is 0.167. The molecule has 1 atom stereocenters. The summed E-state index contributed by atoms with van der Waals surface area (Å²) in [6.07, 6.45) is 7.12. The molecule has 0 aliphatic heterocycles. The van der Waals surface area contributed by atoms with E-state index in [1.165, 1.54) is 0 Å². The summed E-state index contributed by atoms with van der Waals surface area (Å²) >= 11 is 2.10. The van der Waals surface area contributed by atoms with E-state index in [-0.39, 0.29) is 14.4 Å². The van der Waals surface area contributed by atoms with Gasteiger partial charge in [-0.1, -0.05) is 40.8 Å². The second-order valence-electron chi connectivity index (χ2n) is 1.55. The highest BCUT2D eigenvalue weighted by molar-refractivity contribution is 14.1. The van der Waals surface area contributed by atoms with Gasteiger partial charge in [0.25, 0.3) is 0 Å². The fourth-order valence-corrected chi connectivity index (χ4v) is 0.946. The van der Waals surface area contributed by atoms with E-state index in [0.29, 0.717) is 0 Å². The van der Waals surface area contributed by atoms with Crippen LogP contribution in [0.3, 0.4) is 0 Å². The Bertz CT molecular complexity index is 162. The molecule has 1 unspecified atom stereocenters. The third-order valence-corrected chi connectivity index (χ3v) is 1.95. The second kappa shape index (κ2) is 3.76. The molecule has 0 radical (unpaired) electrons. The highest BCUT2D eigenvalue weighted by atomic mass is 127. The van der Waals surface area contributed by atoms with E-state index < -0.39 is 0 Å². The summed E-state index contributed by atoms with van der Waals surface area (Å²) < 4.78 is 0.0672. The molecule has 0 aromatic rings. The van der Waals surface area contributed by atoms with Gasteiger partial charge in [0.1, 0.15) is 0 Å². The van der Waals surface area contributed by atoms with E-state index in [1.54, 1.807) is 12.2 Å². The molecule has 0 N–H and O–H groups in total. The molecule has 0 amide bonds. The molecule has 3 heteroatoms. The molecule has 0 aromatic heterocycles. The van der Waals surface area contributed by atoms with Gasteiger partial charge in [0, 0.05) is 0 Å². The summed E-state index contributed by atoms with van der Waals surface area (Å²) in [6.45, 7) is 0. The van der Waals surface area contributed by atoms with Gasteiger partial charge in [-0.15, -0.1) is 0 Å². The van der Waals surface area contributed by atoms with Crippen LogP contribution in [0.1, 0.15) is 0 Å². The first-order valence-electron chi connectivity index (χ1n) is 2.33.